The second kappa shape index (κ2) is 7.90. The van der Waals surface area contributed by atoms with Gasteiger partial charge in [-0.3, -0.25) is 4.79 Å². The van der Waals surface area contributed by atoms with Crippen molar-refractivity contribution in [3.05, 3.63) is 29.8 Å². The lowest BCUT2D eigenvalue weighted by molar-refractivity contribution is 0.0730. The highest BCUT2D eigenvalue weighted by Crippen LogP contribution is 2.17. The van der Waals surface area contributed by atoms with Crippen molar-refractivity contribution in [2.45, 2.75) is 37.6 Å². The molecule has 0 unspecified atom stereocenters. The van der Waals surface area contributed by atoms with Gasteiger partial charge < -0.3 is 10.1 Å². The monoisotopic (exact) mass is 340 g/mol. The number of nitrogens with one attached hydrogen (secondary N) is 1. The molecule has 0 bridgehead atoms. The minimum Gasteiger partial charge on any atom is -0.379 e. The number of hydrogen-bond donors (Lipinski definition) is 1. The first kappa shape index (κ1) is 17.9. The summed E-state index contributed by atoms with van der Waals surface area (Å²) >= 11 is 0. The summed E-state index contributed by atoms with van der Waals surface area (Å²) in [6, 6.07) is 6.24. The smallest absolute Gasteiger partial charge is 0.251 e. The van der Waals surface area contributed by atoms with Crippen molar-refractivity contribution < 1.29 is 17.9 Å². The molecular formula is C16H24N2O4S. The number of sulfonamides is 1. The number of carbonyl (C=O) groups excluding carboxylic acids is 1. The molecule has 128 valence electrons. The number of carbonyl (C=O) groups is 1. The Labute approximate surface area is 137 Å². The Morgan fingerprint density at radius 2 is 1.74 bits per heavy atom. The van der Waals surface area contributed by atoms with Crippen LogP contribution in [0.15, 0.2) is 29.2 Å². The maximum Gasteiger partial charge on any atom is 0.251 e. The molecule has 0 radical (unpaired) electrons. The second-order valence-corrected chi connectivity index (χ2v) is 7.47. The Kier molecular flexibility index (Phi) is 6.15. The van der Waals surface area contributed by atoms with E-state index in [1.807, 2.05) is 13.8 Å². The number of benzene rings is 1. The molecule has 1 amide bonds. The maximum atomic E-state index is 12.5. The van der Waals surface area contributed by atoms with Gasteiger partial charge in [-0.2, -0.15) is 4.31 Å². The van der Waals surface area contributed by atoms with Crippen molar-refractivity contribution in [1.29, 1.82) is 0 Å². The van der Waals surface area contributed by atoms with Crippen LogP contribution in [-0.4, -0.2) is 51.0 Å². The zero-order valence-corrected chi connectivity index (χ0v) is 14.4. The third-order valence-corrected chi connectivity index (χ3v) is 5.96. The average molecular weight is 340 g/mol. The third kappa shape index (κ3) is 4.31. The van der Waals surface area contributed by atoms with Crippen LogP contribution in [0.5, 0.6) is 0 Å². The van der Waals surface area contributed by atoms with Crippen LogP contribution in [0.2, 0.25) is 0 Å². The van der Waals surface area contributed by atoms with E-state index in [1.165, 1.54) is 16.4 Å². The Hall–Kier alpha value is -1.44. The molecule has 1 fully saturated rings. The van der Waals surface area contributed by atoms with E-state index in [1.54, 1.807) is 12.1 Å². The average Bonchev–Trinajstić information content (AvgIpc) is 2.60. The van der Waals surface area contributed by atoms with Crippen LogP contribution in [0.1, 0.15) is 37.0 Å². The third-order valence-electron chi connectivity index (χ3n) is 4.05. The maximum absolute atomic E-state index is 12.5. The lowest BCUT2D eigenvalue weighted by atomic mass is 10.1. The second-order valence-electron chi connectivity index (χ2n) is 5.53. The van der Waals surface area contributed by atoms with Gasteiger partial charge in [0.25, 0.3) is 5.91 Å². The van der Waals surface area contributed by atoms with Gasteiger partial charge in [0.2, 0.25) is 10.0 Å². The molecule has 1 heterocycles. The van der Waals surface area contributed by atoms with E-state index in [4.69, 9.17) is 4.74 Å². The van der Waals surface area contributed by atoms with E-state index < -0.39 is 10.0 Å². The minimum absolute atomic E-state index is 0.138. The fraction of sp³-hybridized carbons (Fsp3) is 0.562. The van der Waals surface area contributed by atoms with E-state index in [0.29, 0.717) is 31.9 Å². The van der Waals surface area contributed by atoms with Gasteiger partial charge in [0.05, 0.1) is 18.1 Å². The summed E-state index contributed by atoms with van der Waals surface area (Å²) in [4.78, 5) is 12.4. The van der Waals surface area contributed by atoms with Crippen molar-refractivity contribution in [2.24, 2.45) is 0 Å². The van der Waals surface area contributed by atoms with Crippen LogP contribution >= 0.6 is 0 Å². The van der Waals surface area contributed by atoms with Crippen molar-refractivity contribution >= 4 is 15.9 Å². The first-order valence-corrected chi connectivity index (χ1v) is 9.41. The zero-order valence-electron chi connectivity index (χ0n) is 13.6. The van der Waals surface area contributed by atoms with Gasteiger partial charge >= 0.3 is 0 Å². The molecule has 1 saturated heterocycles. The van der Waals surface area contributed by atoms with E-state index >= 15 is 0 Å². The van der Waals surface area contributed by atoms with Gasteiger partial charge in [0.1, 0.15) is 0 Å². The largest absolute Gasteiger partial charge is 0.379 e. The molecule has 1 aliphatic heterocycles. The predicted molar refractivity (Wildman–Crippen MR) is 87.9 cm³/mol. The van der Waals surface area contributed by atoms with Gasteiger partial charge in [-0.15, -0.1) is 0 Å². The number of nitrogens with zero attached hydrogens (tertiary/aromatic N) is 1. The van der Waals surface area contributed by atoms with Gasteiger partial charge in [-0.05, 0) is 37.1 Å². The number of rotatable bonds is 6. The SMILES string of the molecule is CCC(CC)NC(=O)c1ccc(S(=O)(=O)N2CCOCC2)cc1. The molecule has 6 nitrogen and oxygen atoms in total. The zero-order chi connectivity index (χ0) is 16.9. The minimum atomic E-state index is -3.52. The Bertz CT molecular complexity index is 618. The van der Waals surface area contributed by atoms with Gasteiger partial charge in [-0.1, -0.05) is 13.8 Å². The molecule has 0 atom stereocenters. The fourth-order valence-electron chi connectivity index (χ4n) is 2.48. The van der Waals surface area contributed by atoms with Crippen LogP contribution in [0, 0.1) is 0 Å². The Morgan fingerprint density at radius 3 is 2.26 bits per heavy atom. The van der Waals surface area contributed by atoms with Crippen molar-refractivity contribution in [3.8, 4) is 0 Å². The number of amides is 1. The molecule has 1 aromatic rings. The molecule has 0 spiro atoms. The number of ether oxygens (including phenoxy) is 1. The Morgan fingerprint density at radius 1 is 1.17 bits per heavy atom. The highest BCUT2D eigenvalue weighted by Gasteiger charge is 2.26. The lowest BCUT2D eigenvalue weighted by Gasteiger charge is -2.26. The lowest BCUT2D eigenvalue weighted by Crippen LogP contribution is -2.40. The molecule has 2 rings (SSSR count). The van der Waals surface area contributed by atoms with Gasteiger partial charge in [0.15, 0.2) is 0 Å². The van der Waals surface area contributed by atoms with Crippen molar-refractivity contribution in [3.63, 3.8) is 0 Å². The molecular weight excluding hydrogens is 316 g/mol. The highest BCUT2D eigenvalue weighted by molar-refractivity contribution is 7.89. The molecule has 0 saturated carbocycles. The van der Waals surface area contributed by atoms with E-state index in [0.717, 1.165) is 12.8 Å². The predicted octanol–water partition coefficient (Wildman–Crippen LogP) is 1.63. The first-order chi connectivity index (χ1) is 11.0. The molecule has 23 heavy (non-hydrogen) atoms. The van der Waals surface area contributed by atoms with Crippen LogP contribution < -0.4 is 5.32 Å². The Balaban J connectivity index is 2.11. The normalized spacial score (nSPS) is 16.5. The van der Waals surface area contributed by atoms with Crippen LogP contribution in [0.3, 0.4) is 0 Å². The molecule has 1 N–H and O–H groups in total. The van der Waals surface area contributed by atoms with Crippen molar-refractivity contribution in [1.82, 2.24) is 9.62 Å². The van der Waals surface area contributed by atoms with Crippen molar-refractivity contribution in [2.75, 3.05) is 26.3 Å². The summed E-state index contributed by atoms with van der Waals surface area (Å²) in [5, 5.41) is 2.94. The van der Waals surface area contributed by atoms with Crippen LogP contribution in [0.4, 0.5) is 0 Å². The van der Waals surface area contributed by atoms with E-state index in [9.17, 15) is 13.2 Å². The fourth-order valence-corrected chi connectivity index (χ4v) is 3.88. The van der Waals surface area contributed by atoms with E-state index in [2.05, 4.69) is 5.32 Å². The first-order valence-electron chi connectivity index (χ1n) is 7.97. The molecule has 0 aromatic heterocycles. The van der Waals surface area contributed by atoms with Gasteiger partial charge in [-0.25, -0.2) is 8.42 Å². The number of hydrogen-bond acceptors (Lipinski definition) is 4. The molecule has 7 heteroatoms. The molecule has 0 aliphatic carbocycles. The summed E-state index contributed by atoms with van der Waals surface area (Å²) < 4.78 is 31.6. The topological polar surface area (TPSA) is 75.7 Å². The summed E-state index contributed by atoms with van der Waals surface area (Å²) in [6.45, 7) is 5.59. The standard InChI is InChI=1S/C16H24N2O4S/c1-3-14(4-2)17-16(19)13-5-7-15(8-6-13)23(20,21)18-9-11-22-12-10-18/h5-8,14H,3-4,9-12H2,1-2H3,(H,17,19). The van der Waals surface area contributed by atoms with Crippen LogP contribution in [0.25, 0.3) is 0 Å². The van der Waals surface area contributed by atoms with Gasteiger partial charge in [0, 0.05) is 24.7 Å². The molecule has 1 aromatic carbocycles. The summed E-state index contributed by atoms with van der Waals surface area (Å²) in [5.74, 6) is -0.172. The quantitative estimate of drug-likeness (QED) is 0.854. The van der Waals surface area contributed by atoms with Crippen LogP contribution in [-0.2, 0) is 14.8 Å². The summed E-state index contributed by atoms with van der Waals surface area (Å²) in [5.41, 5.74) is 0.470. The molecule has 1 aliphatic rings. The summed E-state index contributed by atoms with van der Waals surface area (Å²) in [6.07, 6.45) is 1.73. The number of morpholine rings is 1. The van der Waals surface area contributed by atoms with E-state index in [-0.39, 0.29) is 16.8 Å². The highest BCUT2D eigenvalue weighted by atomic mass is 32.2. The summed E-state index contributed by atoms with van der Waals surface area (Å²) in [7, 11) is -3.52.